The predicted octanol–water partition coefficient (Wildman–Crippen LogP) is 14.5. The maximum Gasteiger partial charge on any atom is 0.0542 e. The molecule has 0 amide bonds. The second kappa shape index (κ2) is 13.2. The number of benzene rings is 9. The lowest BCUT2D eigenvalue weighted by Crippen LogP contribution is -1.97. The molecule has 11 rings (SSSR count). The number of fused-ring (bicyclic) bond motifs is 6. The third-order valence-corrected chi connectivity index (χ3v) is 11.3. The second-order valence-corrected chi connectivity index (χ2v) is 14.6. The van der Waals surface area contributed by atoms with Crippen LogP contribution in [0.25, 0.3) is 99.5 Å². The summed E-state index contributed by atoms with van der Waals surface area (Å²) in [5.41, 5.74) is 16.6. The zero-order valence-corrected chi connectivity index (χ0v) is 30.7. The number of hydrogen-bond donors (Lipinski definition) is 0. The Labute approximate surface area is 325 Å². The molecule has 0 atom stereocenters. The Morgan fingerprint density at radius 2 is 0.679 bits per heavy atom. The number of aromatic nitrogens is 2. The summed E-state index contributed by atoms with van der Waals surface area (Å²) in [6, 6.07) is 79.5. The Morgan fingerprint density at radius 3 is 1.29 bits per heavy atom. The molecule has 0 fully saturated rings. The molecule has 0 aliphatic carbocycles. The van der Waals surface area contributed by atoms with Crippen molar-refractivity contribution in [3.8, 4) is 55.9 Å². The summed E-state index contributed by atoms with van der Waals surface area (Å²) in [5.74, 6) is 0. The first-order valence-electron chi connectivity index (χ1n) is 19.3. The van der Waals surface area contributed by atoms with Crippen molar-refractivity contribution >= 4 is 43.6 Å². The van der Waals surface area contributed by atoms with Gasteiger partial charge in [0.1, 0.15) is 0 Å². The van der Waals surface area contributed by atoms with Gasteiger partial charge in [0.15, 0.2) is 0 Å². The number of rotatable bonds is 6. The van der Waals surface area contributed by atoms with E-state index in [4.69, 9.17) is 0 Å². The maximum atomic E-state index is 2.46. The van der Waals surface area contributed by atoms with Gasteiger partial charge in [-0.2, -0.15) is 0 Å². The van der Waals surface area contributed by atoms with E-state index < -0.39 is 0 Å². The molecule has 0 saturated carbocycles. The van der Waals surface area contributed by atoms with Gasteiger partial charge in [-0.05, 0) is 105 Å². The van der Waals surface area contributed by atoms with Gasteiger partial charge in [-0.1, -0.05) is 158 Å². The SMILES string of the molecule is c1ccc(-c2cc(-c3cc(-c4ccccc4)ccc3-c3ccccc3)cc(-n3c4ccccc4c4cc(-n5c6ccccc6c6ccccc65)ccc43)c2)cc1. The molecule has 262 valence electrons. The van der Waals surface area contributed by atoms with Gasteiger partial charge in [0.25, 0.3) is 0 Å². The normalized spacial score (nSPS) is 11.6. The van der Waals surface area contributed by atoms with Crippen LogP contribution in [0.5, 0.6) is 0 Å². The minimum absolute atomic E-state index is 1.13. The van der Waals surface area contributed by atoms with Crippen molar-refractivity contribution < 1.29 is 0 Å². The Morgan fingerprint density at radius 1 is 0.214 bits per heavy atom. The van der Waals surface area contributed by atoms with Crippen molar-refractivity contribution in [1.82, 2.24) is 9.13 Å². The Bertz CT molecular complexity index is 3170. The highest BCUT2D eigenvalue weighted by Crippen LogP contribution is 2.41. The molecule has 0 radical (unpaired) electrons. The van der Waals surface area contributed by atoms with Crippen LogP contribution in [0, 0.1) is 0 Å². The van der Waals surface area contributed by atoms with E-state index in [2.05, 4.69) is 228 Å². The third kappa shape index (κ3) is 5.26. The van der Waals surface area contributed by atoms with Crippen LogP contribution in [-0.2, 0) is 0 Å². The van der Waals surface area contributed by atoms with Crippen LogP contribution in [0.15, 0.2) is 218 Å². The van der Waals surface area contributed by atoms with Crippen molar-refractivity contribution in [2.24, 2.45) is 0 Å². The molecule has 2 heterocycles. The van der Waals surface area contributed by atoms with E-state index in [0.717, 1.165) is 11.4 Å². The highest BCUT2D eigenvalue weighted by molar-refractivity contribution is 6.12. The van der Waals surface area contributed by atoms with E-state index >= 15 is 0 Å². The van der Waals surface area contributed by atoms with Crippen LogP contribution >= 0.6 is 0 Å². The van der Waals surface area contributed by atoms with Crippen molar-refractivity contribution in [1.29, 1.82) is 0 Å². The molecule has 2 aromatic heterocycles. The topological polar surface area (TPSA) is 9.86 Å². The zero-order valence-electron chi connectivity index (χ0n) is 30.7. The molecule has 56 heavy (non-hydrogen) atoms. The highest BCUT2D eigenvalue weighted by Gasteiger charge is 2.19. The van der Waals surface area contributed by atoms with E-state index in [-0.39, 0.29) is 0 Å². The van der Waals surface area contributed by atoms with Crippen LogP contribution in [-0.4, -0.2) is 9.13 Å². The maximum absolute atomic E-state index is 2.46. The number of nitrogens with zero attached hydrogens (tertiary/aromatic N) is 2. The van der Waals surface area contributed by atoms with Crippen molar-refractivity contribution in [2.75, 3.05) is 0 Å². The minimum atomic E-state index is 1.13. The summed E-state index contributed by atoms with van der Waals surface area (Å²) >= 11 is 0. The van der Waals surface area contributed by atoms with Gasteiger partial charge in [0.05, 0.1) is 22.1 Å². The summed E-state index contributed by atoms with van der Waals surface area (Å²) in [5, 5.41) is 4.99. The van der Waals surface area contributed by atoms with E-state index in [1.807, 2.05) is 0 Å². The summed E-state index contributed by atoms with van der Waals surface area (Å²) < 4.78 is 4.87. The molecule has 0 aliphatic rings. The van der Waals surface area contributed by atoms with Gasteiger partial charge in [-0.25, -0.2) is 0 Å². The van der Waals surface area contributed by atoms with Gasteiger partial charge in [0.2, 0.25) is 0 Å². The molecule has 0 aliphatic heterocycles. The molecule has 0 bridgehead atoms. The Kier molecular flexibility index (Phi) is 7.53. The number of para-hydroxylation sites is 3. The molecular weight excluding hydrogens is 677 g/mol. The summed E-state index contributed by atoms with van der Waals surface area (Å²) in [6.07, 6.45) is 0. The molecular formula is C54H36N2. The molecule has 2 heteroatoms. The van der Waals surface area contributed by atoms with Gasteiger partial charge in [0, 0.05) is 32.9 Å². The Hall–Kier alpha value is -7.42. The summed E-state index contributed by atoms with van der Waals surface area (Å²) in [4.78, 5) is 0. The van der Waals surface area contributed by atoms with E-state index in [9.17, 15) is 0 Å². The van der Waals surface area contributed by atoms with Crippen molar-refractivity contribution in [2.45, 2.75) is 0 Å². The fourth-order valence-electron chi connectivity index (χ4n) is 8.73. The van der Waals surface area contributed by atoms with Crippen molar-refractivity contribution in [3.63, 3.8) is 0 Å². The van der Waals surface area contributed by atoms with Gasteiger partial charge in [-0.15, -0.1) is 0 Å². The standard InChI is InChI=1S/C54H36N2/c1-4-16-37(17-5-1)40-28-30-45(39-20-8-3-9-21-39)49(35-40)42-32-41(38-18-6-2-7-19-38)33-44(34-42)56-53-27-15-12-24-48(53)50-36-43(29-31-54(50)56)55-51-25-13-10-22-46(51)47-23-11-14-26-52(47)55/h1-36H. The molecule has 11 aromatic rings. The first kappa shape index (κ1) is 32.0. The lowest BCUT2D eigenvalue weighted by Gasteiger charge is -2.17. The predicted molar refractivity (Wildman–Crippen MR) is 237 cm³/mol. The monoisotopic (exact) mass is 712 g/mol. The molecule has 0 N–H and O–H groups in total. The fourth-order valence-corrected chi connectivity index (χ4v) is 8.73. The van der Waals surface area contributed by atoms with E-state index in [1.54, 1.807) is 0 Å². The largest absolute Gasteiger partial charge is 0.309 e. The smallest absolute Gasteiger partial charge is 0.0542 e. The lowest BCUT2D eigenvalue weighted by molar-refractivity contribution is 1.17. The average Bonchev–Trinajstić information content (AvgIpc) is 3.79. The van der Waals surface area contributed by atoms with Gasteiger partial charge < -0.3 is 9.13 Å². The quantitative estimate of drug-likeness (QED) is 0.162. The van der Waals surface area contributed by atoms with Gasteiger partial charge >= 0.3 is 0 Å². The first-order valence-corrected chi connectivity index (χ1v) is 19.3. The molecule has 0 unspecified atom stereocenters. The highest BCUT2D eigenvalue weighted by atomic mass is 15.0. The average molecular weight is 713 g/mol. The van der Waals surface area contributed by atoms with Crippen LogP contribution in [0.3, 0.4) is 0 Å². The van der Waals surface area contributed by atoms with Crippen molar-refractivity contribution in [3.05, 3.63) is 218 Å². The third-order valence-electron chi connectivity index (χ3n) is 11.3. The summed E-state index contributed by atoms with van der Waals surface area (Å²) in [6.45, 7) is 0. The zero-order chi connectivity index (χ0) is 37.0. The Balaban J connectivity index is 1.18. The van der Waals surface area contributed by atoms with E-state index in [0.29, 0.717) is 0 Å². The summed E-state index contributed by atoms with van der Waals surface area (Å²) in [7, 11) is 0. The van der Waals surface area contributed by atoms with Crippen LogP contribution in [0.4, 0.5) is 0 Å². The number of hydrogen-bond acceptors (Lipinski definition) is 0. The second-order valence-electron chi connectivity index (χ2n) is 14.6. The molecule has 0 spiro atoms. The van der Waals surface area contributed by atoms with Crippen LogP contribution in [0.1, 0.15) is 0 Å². The minimum Gasteiger partial charge on any atom is -0.309 e. The molecule has 9 aromatic carbocycles. The van der Waals surface area contributed by atoms with Crippen LogP contribution < -0.4 is 0 Å². The van der Waals surface area contributed by atoms with Crippen LogP contribution in [0.2, 0.25) is 0 Å². The molecule has 2 nitrogen and oxygen atoms in total. The fraction of sp³-hybridized carbons (Fsp3) is 0. The first-order chi connectivity index (χ1) is 27.8. The van der Waals surface area contributed by atoms with Gasteiger partial charge in [-0.3, -0.25) is 0 Å². The lowest BCUT2D eigenvalue weighted by atomic mass is 9.89. The molecule has 0 saturated heterocycles. The van der Waals surface area contributed by atoms with E-state index in [1.165, 1.54) is 88.1 Å².